The summed E-state index contributed by atoms with van der Waals surface area (Å²) in [5, 5.41) is 12.2. The van der Waals surface area contributed by atoms with E-state index in [0.717, 1.165) is 21.7 Å². The molecule has 3 aromatic heterocycles. The maximum absolute atomic E-state index is 13.5. The Bertz CT molecular complexity index is 2050. The van der Waals surface area contributed by atoms with E-state index in [4.69, 9.17) is 13.3 Å². The van der Waals surface area contributed by atoms with Gasteiger partial charge in [-0.05, 0) is 75.8 Å². The molecule has 0 aliphatic heterocycles. The molecule has 6 aromatic rings. The number of carbonyl (C=O) groups is 3. The molecule has 0 saturated heterocycles. The summed E-state index contributed by atoms with van der Waals surface area (Å²) in [5.41, 5.74) is 3.73. The van der Waals surface area contributed by atoms with Crippen molar-refractivity contribution in [2.75, 3.05) is 7.05 Å². The summed E-state index contributed by atoms with van der Waals surface area (Å²) in [4.78, 5) is 39.0. The number of Topliss-reactive ketones (excluding diaryl/α,β-unsaturated/α-hetero) is 3. The summed E-state index contributed by atoms with van der Waals surface area (Å²) in [6, 6.07) is 20.8. The molecule has 3 N–H and O–H groups in total. The van der Waals surface area contributed by atoms with Gasteiger partial charge in [0.15, 0.2) is 17.3 Å². The van der Waals surface area contributed by atoms with Gasteiger partial charge in [0.25, 0.3) is 0 Å². The molecule has 3 heterocycles. The molecule has 0 aliphatic carbocycles. The van der Waals surface area contributed by atoms with Crippen molar-refractivity contribution >= 4 is 50.3 Å². The Morgan fingerprint density at radius 1 is 0.630 bits per heavy atom. The Balaban J connectivity index is 1.08. The number of rotatable bonds is 14. The second kappa shape index (κ2) is 13.3. The van der Waals surface area contributed by atoms with Gasteiger partial charge in [-0.1, -0.05) is 31.2 Å². The van der Waals surface area contributed by atoms with E-state index in [1.54, 1.807) is 43.6 Å². The van der Waals surface area contributed by atoms with Crippen LogP contribution in [0.25, 0.3) is 32.9 Å². The molecule has 0 radical (unpaired) electrons. The van der Waals surface area contributed by atoms with Crippen molar-refractivity contribution in [3.05, 3.63) is 107 Å². The molecule has 6 rings (SSSR count). The summed E-state index contributed by atoms with van der Waals surface area (Å²) in [6.45, 7) is 6.33. The minimum Gasteiger partial charge on any atom is -0.464 e. The van der Waals surface area contributed by atoms with E-state index < -0.39 is 12.1 Å². The largest absolute Gasteiger partial charge is 0.464 e. The molecular weight excluding hydrogens is 582 g/mol. The molecule has 3 atom stereocenters. The zero-order chi connectivity index (χ0) is 32.4. The van der Waals surface area contributed by atoms with Crippen molar-refractivity contribution in [3.8, 4) is 0 Å². The zero-order valence-electron chi connectivity index (χ0n) is 26.3. The predicted octanol–water partition coefficient (Wildman–Crippen LogP) is 6.83. The highest BCUT2D eigenvalue weighted by Gasteiger charge is 2.21. The number of ketones is 3. The van der Waals surface area contributed by atoms with Crippen molar-refractivity contribution in [2.24, 2.45) is 0 Å². The molecule has 46 heavy (non-hydrogen) atoms. The first-order valence-corrected chi connectivity index (χ1v) is 15.5. The SMILES string of the molecule is CCC(NCc1cc2ccc(C(=O)C(C)NC)cc2o1)C(=O)c1ccc2cc(CNC(C)C(=O)c3ccc4occc4c3)oc2c1. The minimum absolute atomic E-state index is 0.00146. The van der Waals surface area contributed by atoms with Crippen LogP contribution in [0.3, 0.4) is 0 Å². The van der Waals surface area contributed by atoms with Crippen LogP contribution in [-0.2, 0) is 13.1 Å². The Morgan fingerprint density at radius 2 is 1.17 bits per heavy atom. The van der Waals surface area contributed by atoms with Gasteiger partial charge in [-0.2, -0.15) is 0 Å². The van der Waals surface area contributed by atoms with Gasteiger partial charge < -0.3 is 29.2 Å². The lowest BCUT2D eigenvalue weighted by Crippen LogP contribution is -2.35. The monoisotopic (exact) mass is 619 g/mol. The highest BCUT2D eigenvalue weighted by molar-refractivity contribution is 6.04. The number of nitrogens with one attached hydrogen (secondary N) is 3. The molecule has 0 fully saturated rings. The van der Waals surface area contributed by atoms with Gasteiger partial charge in [0.2, 0.25) is 0 Å². The Hall–Kier alpha value is -4.83. The summed E-state index contributed by atoms with van der Waals surface area (Å²) in [5.74, 6) is 1.29. The lowest BCUT2D eigenvalue weighted by atomic mass is 10.0. The molecule has 0 saturated carbocycles. The molecular formula is C37H37N3O6. The van der Waals surface area contributed by atoms with Crippen LogP contribution >= 0.6 is 0 Å². The number of likely N-dealkylation sites (N-methyl/N-ethyl adjacent to an activating group) is 1. The number of fused-ring (bicyclic) bond motifs is 3. The third-order valence-electron chi connectivity index (χ3n) is 8.50. The van der Waals surface area contributed by atoms with E-state index in [0.29, 0.717) is 58.9 Å². The van der Waals surface area contributed by atoms with Crippen LogP contribution in [0.15, 0.2) is 92.3 Å². The Labute approximate surface area is 266 Å². The Morgan fingerprint density at radius 3 is 1.80 bits per heavy atom. The first-order valence-electron chi connectivity index (χ1n) is 15.5. The number of hydrogen-bond donors (Lipinski definition) is 3. The van der Waals surface area contributed by atoms with Gasteiger partial charge in [0.05, 0.1) is 37.5 Å². The van der Waals surface area contributed by atoms with Gasteiger partial charge >= 0.3 is 0 Å². The number of carbonyl (C=O) groups excluding carboxylic acids is 3. The third-order valence-corrected chi connectivity index (χ3v) is 8.50. The summed E-state index contributed by atoms with van der Waals surface area (Å²) < 4.78 is 17.4. The van der Waals surface area contributed by atoms with E-state index in [9.17, 15) is 14.4 Å². The lowest BCUT2D eigenvalue weighted by Gasteiger charge is -2.15. The molecule has 9 nitrogen and oxygen atoms in total. The summed E-state index contributed by atoms with van der Waals surface area (Å²) in [6.07, 6.45) is 2.19. The topological polar surface area (TPSA) is 127 Å². The number of furan rings is 3. The van der Waals surface area contributed by atoms with E-state index in [1.165, 1.54) is 0 Å². The average Bonchev–Trinajstić information content (AvgIpc) is 3.82. The van der Waals surface area contributed by atoms with Crippen LogP contribution in [-0.4, -0.2) is 42.5 Å². The lowest BCUT2D eigenvalue weighted by molar-refractivity contribution is 0.0934. The van der Waals surface area contributed by atoms with Crippen LogP contribution in [0.5, 0.6) is 0 Å². The summed E-state index contributed by atoms with van der Waals surface area (Å²) in [7, 11) is 1.75. The van der Waals surface area contributed by atoms with Crippen LogP contribution in [0, 0.1) is 0 Å². The quantitative estimate of drug-likeness (QED) is 0.112. The fraction of sp³-hybridized carbons (Fsp3) is 0.270. The molecule has 0 aliphatic rings. The first-order chi connectivity index (χ1) is 22.2. The van der Waals surface area contributed by atoms with Gasteiger partial charge in [-0.3, -0.25) is 14.4 Å². The highest BCUT2D eigenvalue weighted by atomic mass is 16.3. The molecule has 9 heteroatoms. The fourth-order valence-electron chi connectivity index (χ4n) is 5.60. The average molecular weight is 620 g/mol. The molecule has 0 amide bonds. The Kier molecular flexibility index (Phi) is 8.99. The highest BCUT2D eigenvalue weighted by Crippen LogP contribution is 2.24. The van der Waals surface area contributed by atoms with Gasteiger partial charge in [-0.15, -0.1) is 0 Å². The second-order valence-electron chi connectivity index (χ2n) is 11.7. The van der Waals surface area contributed by atoms with Crippen molar-refractivity contribution in [1.29, 1.82) is 0 Å². The molecule has 0 bridgehead atoms. The number of benzene rings is 3. The zero-order valence-corrected chi connectivity index (χ0v) is 26.3. The maximum atomic E-state index is 13.5. The first kappa shape index (κ1) is 31.2. The van der Waals surface area contributed by atoms with Crippen molar-refractivity contribution in [3.63, 3.8) is 0 Å². The normalized spacial score (nSPS) is 13.7. The van der Waals surface area contributed by atoms with Crippen molar-refractivity contribution in [2.45, 2.75) is 58.4 Å². The van der Waals surface area contributed by atoms with E-state index in [-0.39, 0.29) is 23.4 Å². The minimum atomic E-state index is -0.427. The van der Waals surface area contributed by atoms with Crippen LogP contribution < -0.4 is 16.0 Å². The molecule has 3 unspecified atom stereocenters. The van der Waals surface area contributed by atoms with Crippen LogP contribution in [0.4, 0.5) is 0 Å². The van der Waals surface area contributed by atoms with Crippen LogP contribution in [0.1, 0.15) is 69.8 Å². The van der Waals surface area contributed by atoms with Crippen molar-refractivity contribution in [1.82, 2.24) is 16.0 Å². The van der Waals surface area contributed by atoms with Crippen LogP contribution in [0.2, 0.25) is 0 Å². The van der Waals surface area contributed by atoms with E-state index >= 15 is 0 Å². The molecule has 0 spiro atoms. The third kappa shape index (κ3) is 6.44. The molecule has 3 aromatic carbocycles. The second-order valence-corrected chi connectivity index (χ2v) is 11.7. The van der Waals surface area contributed by atoms with Gasteiger partial charge in [-0.25, -0.2) is 0 Å². The smallest absolute Gasteiger partial charge is 0.179 e. The predicted molar refractivity (Wildman–Crippen MR) is 177 cm³/mol. The van der Waals surface area contributed by atoms with Gasteiger partial charge in [0.1, 0.15) is 28.3 Å². The van der Waals surface area contributed by atoms with E-state index in [1.807, 2.05) is 63.2 Å². The fourth-order valence-corrected chi connectivity index (χ4v) is 5.60. The van der Waals surface area contributed by atoms with E-state index in [2.05, 4.69) is 16.0 Å². The summed E-state index contributed by atoms with van der Waals surface area (Å²) >= 11 is 0. The standard InChI is InChI=1S/C37H37N3O6/c1-5-31(40-20-30-16-23-6-8-27(17-33(23)46-30)35(41)21(2)38-4)37(43)28-9-7-24-15-29(45-34(24)18-28)19-39-22(3)36(42)26-10-11-32-25(14-26)12-13-44-32/h6-18,21-22,31,38-40H,5,19-20H2,1-4H3. The maximum Gasteiger partial charge on any atom is 0.179 e. The number of hydrogen-bond acceptors (Lipinski definition) is 9. The molecule has 236 valence electrons. The van der Waals surface area contributed by atoms with Gasteiger partial charge in [0, 0.05) is 32.8 Å². The van der Waals surface area contributed by atoms with Crippen molar-refractivity contribution < 1.29 is 27.6 Å².